The zero-order chi connectivity index (χ0) is 11.1. The van der Waals surface area contributed by atoms with E-state index >= 15 is 0 Å². The van der Waals surface area contributed by atoms with Gasteiger partial charge < -0.3 is 5.32 Å². The van der Waals surface area contributed by atoms with Crippen LogP contribution < -0.4 is 5.32 Å². The first-order valence-corrected chi connectivity index (χ1v) is 5.88. The summed E-state index contributed by atoms with van der Waals surface area (Å²) in [5.41, 5.74) is 0. The molecule has 0 aliphatic rings. The van der Waals surface area contributed by atoms with E-state index in [2.05, 4.69) is 36.2 Å². The molecular formula is C11H22N4. The largest absolute Gasteiger partial charge is 0.310 e. The molecule has 0 aliphatic carbocycles. The van der Waals surface area contributed by atoms with Gasteiger partial charge in [0.05, 0.1) is 12.6 Å². The second-order valence-electron chi connectivity index (χ2n) is 3.96. The molecule has 0 spiro atoms. The van der Waals surface area contributed by atoms with Crippen molar-refractivity contribution in [1.29, 1.82) is 0 Å². The van der Waals surface area contributed by atoms with Gasteiger partial charge in [0.15, 0.2) is 5.82 Å². The van der Waals surface area contributed by atoms with Crippen LogP contribution in [-0.4, -0.2) is 21.3 Å². The lowest BCUT2D eigenvalue weighted by atomic mass is 10.2. The van der Waals surface area contributed by atoms with Crippen LogP contribution in [0.5, 0.6) is 0 Å². The highest BCUT2D eigenvalue weighted by Crippen LogP contribution is 2.10. The highest BCUT2D eigenvalue weighted by Gasteiger charge is 2.06. The van der Waals surface area contributed by atoms with Crippen molar-refractivity contribution >= 4 is 0 Å². The molecule has 0 saturated heterocycles. The molecule has 4 heteroatoms. The SMILES string of the molecule is CCCNCc1ncn(C(C)CCC)n1. The van der Waals surface area contributed by atoms with E-state index in [1.165, 1.54) is 6.42 Å². The zero-order valence-electron chi connectivity index (χ0n) is 10.0. The van der Waals surface area contributed by atoms with E-state index < -0.39 is 0 Å². The van der Waals surface area contributed by atoms with E-state index in [0.717, 1.165) is 31.8 Å². The maximum absolute atomic E-state index is 4.44. The first-order chi connectivity index (χ1) is 7.27. The average Bonchev–Trinajstić information content (AvgIpc) is 2.67. The lowest BCUT2D eigenvalue weighted by Crippen LogP contribution is -2.15. The molecule has 15 heavy (non-hydrogen) atoms. The molecule has 1 unspecified atom stereocenters. The molecule has 0 aromatic carbocycles. The molecule has 1 N–H and O–H groups in total. The fraction of sp³-hybridized carbons (Fsp3) is 0.818. The predicted octanol–water partition coefficient (Wildman–Crippen LogP) is 2.14. The number of rotatable bonds is 7. The monoisotopic (exact) mass is 210 g/mol. The number of aromatic nitrogens is 3. The van der Waals surface area contributed by atoms with Gasteiger partial charge in [-0.3, -0.25) is 0 Å². The van der Waals surface area contributed by atoms with Gasteiger partial charge >= 0.3 is 0 Å². The Morgan fingerprint density at radius 3 is 2.87 bits per heavy atom. The maximum atomic E-state index is 4.44. The van der Waals surface area contributed by atoms with Crippen LogP contribution in [0.2, 0.25) is 0 Å². The Kier molecular flexibility index (Phi) is 5.32. The van der Waals surface area contributed by atoms with Gasteiger partial charge in [0.1, 0.15) is 6.33 Å². The second kappa shape index (κ2) is 6.56. The minimum absolute atomic E-state index is 0.461. The lowest BCUT2D eigenvalue weighted by molar-refractivity contribution is 0.449. The van der Waals surface area contributed by atoms with Crippen LogP contribution in [-0.2, 0) is 6.54 Å². The van der Waals surface area contributed by atoms with Gasteiger partial charge in [-0.2, -0.15) is 5.10 Å². The van der Waals surface area contributed by atoms with Gasteiger partial charge in [0.25, 0.3) is 0 Å². The Hall–Kier alpha value is -0.900. The quantitative estimate of drug-likeness (QED) is 0.701. The highest BCUT2D eigenvalue weighted by atomic mass is 15.3. The Balaban J connectivity index is 2.41. The Labute approximate surface area is 92.1 Å². The molecule has 1 rings (SSSR count). The second-order valence-corrected chi connectivity index (χ2v) is 3.96. The van der Waals surface area contributed by atoms with Crippen LogP contribution >= 0.6 is 0 Å². The van der Waals surface area contributed by atoms with Gasteiger partial charge in [-0.25, -0.2) is 9.67 Å². The predicted molar refractivity (Wildman–Crippen MR) is 61.6 cm³/mol. The zero-order valence-corrected chi connectivity index (χ0v) is 10.0. The van der Waals surface area contributed by atoms with Gasteiger partial charge in [-0.1, -0.05) is 20.3 Å². The third kappa shape index (κ3) is 4.00. The third-order valence-corrected chi connectivity index (χ3v) is 2.42. The molecule has 0 amide bonds. The molecule has 0 saturated carbocycles. The molecule has 86 valence electrons. The summed E-state index contributed by atoms with van der Waals surface area (Å²) in [6.07, 6.45) is 5.33. The minimum Gasteiger partial charge on any atom is -0.310 e. The summed E-state index contributed by atoms with van der Waals surface area (Å²) in [5, 5.41) is 7.74. The van der Waals surface area contributed by atoms with Crippen LogP contribution in [0, 0.1) is 0 Å². The van der Waals surface area contributed by atoms with E-state index in [-0.39, 0.29) is 0 Å². The van der Waals surface area contributed by atoms with Crippen molar-refractivity contribution in [3.05, 3.63) is 12.2 Å². The average molecular weight is 210 g/mol. The summed E-state index contributed by atoms with van der Waals surface area (Å²) in [6, 6.07) is 0.461. The number of hydrogen-bond donors (Lipinski definition) is 1. The normalized spacial score (nSPS) is 13.0. The fourth-order valence-electron chi connectivity index (χ4n) is 1.53. The molecule has 0 fully saturated rings. The Morgan fingerprint density at radius 2 is 2.20 bits per heavy atom. The van der Waals surface area contributed by atoms with Gasteiger partial charge in [0, 0.05) is 0 Å². The van der Waals surface area contributed by atoms with Crippen LogP contribution in [0.4, 0.5) is 0 Å². The van der Waals surface area contributed by atoms with Crippen LogP contribution in [0.15, 0.2) is 6.33 Å². The van der Waals surface area contributed by atoms with Crippen molar-refractivity contribution in [3.8, 4) is 0 Å². The molecule has 1 aromatic rings. The first-order valence-electron chi connectivity index (χ1n) is 5.88. The van der Waals surface area contributed by atoms with E-state index in [4.69, 9.17) is 0 Å². The van der Waals surface area contributed by atoms with Crippen LogP contribution in [0.25, 0.3) is 0 Å². The van der Waals surface area contributed by atoms with Gasteiger partial charge in [0.2, 0.25) is 0 Å². The summed E-state index contributed by atoms with van der Waals surface area (Å²) in [7, 11) is 0. The van der Waals surface area contributed by atoms with Crippen LogP contribution in [0.3, 0.4) is 0 Å². The standard InChI is InChI=1S/C11H22N4/c1-4-6-10(3)15-9-13-11(14-15)8-12-7-5-2/h9-10,12H,4-8H2,1-3H3. The lowest BCUT2D eigenvalue weighted by Gasteiger charge is -2.08. The number of hydrogen-bond acceptors (Lipinski definition) is 3. The van der Waals surface area contributed by atoms with Gasteiger partial charge in [-0.15, -0.1) is 0 Å². The highest BCUT2D eigenvalue weighted by molar-refractivity contribution is 4.82. The van der Waals surface area contributed by atoms with Crippen molar-refractivity contribution in [2.24, 2.45) is 0 Å². The topological polar surface area (TPSA) is 42.7 Å². The summed E-state index contributed by atoms with van der Waals surface area (Å²) < 4.78 is 1.96. The Bertz CT molecular complexity index is 269. The molecule has 0 aliphatic heterocycles. The van der Waals surface area contributed by atoms with E-state index in [1.54, 1.807) is 0 Å². The van der Waals surface area contributed by atoms with Gasteiger partial charge in [-0.05, 0) is 26.3 Å². The van der Waals surface area contributed by atoms with Crippen LogP contribution in [0.1, 0.15) is 51.9 Å². The van der Waals surface area contributed by atoms with E-state index in [9.17, 15) is 0 Å². The molecule has 4 nitrogen and oxygen atoms in total. The summed E-state index contributed by atoms with van der Waals surface area (Å²) in [6.45, 7) is 8.33. The molecule has 0 bridgehead atoms. The van der Waals surface area contributed by atoms with Crippen molar-refractivity contribution in [3.63, 3.8) is 0 Å². The first kappa shape index (κ1) is 12.2. The van der Waals surface area contributed by atoms with E-state index in [1.807, 2.05) is 11.0 Å². The molecular weight excluding hydrogens is 188 g/mol. The number of nitrogens with zero attached hydrogens (tertiary/aromatic N) is 3. The van der Waals surface area contributed by atoms with Crippen molar-refractivity contribution in [1.82, 2.24) is 20.1 Å². The molecule has 0 radical (unpaired) electrons. The Morgan fingerprint density at radius 1 is 1.40 bits per heavy atom. The minimum atomic E-state index is 0.461. The number of nitrogens with one attached hydrogen (secondary N) is 1. The van der Waals surface area contributed by atoms with Crippen molar-refractivity contribution in [2.45, 2.75) is 52.6 Å². The summed E-state index contributed by atoms with van der Waals surface area (Å²) in [4.78, 5) is 4.28. The third-order valence-electron chi connectivity index (χ3n) is 2.42. The maximum Gasteiger partial charge on any atom is 0.164 e. The fourth-order valence-corrected chi connectivity index (χ4v) is 1.53. The molecule has 1 heterocycles. The molecule has 1 aromatic heterocycles. The summed E-state index contributed by atoms with van der Waals surface area (Å²) >= 11 is 0. The summed E-state index contributed by atoms with van der Waals surface area (Å²) in [5.74, 6) is 0.895. The molecule has 1 atom stereocenters. The van der Waals surface area contributed by atoms with Crippen molar-refractivity contribution < 1.29 is 0 Å². The smallest absolute Gasteiger partial charge is 0.164 e. The van der Waals surface area contributed by atoms with E-state index in [0.29, 0.717) is 6.04 Å². The van der Waals surface area contributed by atoms with Crippen molar-refractivity contribution in [2.75, 3.05) is 6.54 Å².